The summed E-state index contributed by atoms with van der Waals surface area (Å²) in [6, 6.07) is 10.8. The monoisotopic (exact) mass is 484 g/mol. The molecule has 1 saturated heterocycles. The number of benzene rings is 1. The van der Waals surface area contributed by atoms with Gasteiger partial charge in [-0.15, -0.1) is 11.3 Å². The van der Waals surface area contributed by atoms with Crippen LogP contribution in [0, 0.1) is 0 Å². The highest BCUT2D eigenvalue weighted by Gasteiger charge is 2.49. The molecular formula is C25H32N4O4S. The summed E-state index contributed by atoms with van der Waals surface area (Å²) in [5.41, 5.74) is 0.456. The molecule has 8 nitrogen and oxygen atoms in total. The van der Waals surface area contributed by atoms with Crippen LogP contribution in [0.15, 0.2) is 41.8 Å². The summed E-state index contributed by atoms with van der Waals surface area (Å²) in [5, 5.41) is 7.44. The summed E-state index contributed by atoms with van der Waals surface area (Å²) < 4.78 is 0. The topological polar surface area (TPSA) is 98.8 Å². The maximum atomic E-state index is 13.2. The van der Waals surface area contributed by atoms with E-state index in [0.717, 1.165) is 15.3 Å². The zero-order valence-corrected chi connectivity index (χ0v) is 21.1. The van der Waals surface area contributed by atoms with Gasteiger partial charge in [0.1, 0.15) is 12.1 Å². The number of carbonyl (C=O) groups excluding carboxylic acids is 4. The van der Waals surface area contributed by atoms with E-state index in [1.807, 2.05) is 41.8 Å². The van der Waals surface area contributed by atoms with Crippen LogP contribution in [0.1, 0.15) is 50.6 Å². The predicted octanol–water partition coefficient (Wildman–Crippen LogP) is 2.98. The van der Waals surface area contributed by atoms with Crippen LogP contribution in [0.3, 0.4) is 0 Å². The number of nitrogens with zero attached hydrogens (tertiary/aromatic N) is 2. The molecule has 2 aromatic rings. The van der Waals surface area contributed by atoms with Gasteiger partial charge in [-0.25, -0.2) is 4.79 Å². The Hall–Kier alpha value is -3.20. The van der Waals surface area contributed by atoms with Crippen molar-refractivity contribution in [3.05, 3.63) is 57.8 Å². The van der Waals surface area contributed by atoms with E-state index in [-0.39, 0.29) is 24.4 Å². The summed E-state index contributed by atoms with van der Waals surface area (Å²) in [6.07, 6.45) is 0. The fourth-order valence-electron chi connectivity index (χ4n) is 3.78. The van der Waals surface area contributed by atoms with Crippen LogP contribution in [-0.4, -0.2) is 53.2 Å². The number of carbonyl (C=O) groups is 4. The number of nitrogens with one attached hydrogen (secondary N) is 2. The molecule has 1 aliphatic heterocycles. The van der Waals surface area contributed by atoms with Crippen molar-refractivity contribution < 1.29 is 19.2 Å². The minimum atomic E-state index is -1.26. The number of hydrogen-bond acceptors (Lipinski definition) is 5. The summed E-state index contributed by atoms with van der Waals surface area (Å²) in [5.74, 6) is -1.26. The normalized spacial score (nSPS) is 18.1. The molecule has 2 N–H and O–H groups in total. The number of thiophene rings is 1. The molecule has 1 aliphatic rings. The molecule has 34 heavy (non-hydrogen) atoms. The molecule has 3 rings (SSSR count). The Kier molecular flexibility index (Phi) is 7.45. The third kappa shape index (κ3) is 5.47. The second-order valence-corrected chi connectivity index (χ2v) is 10.6. The Morgan fingerprint density at radius 3 is 2.38 bits per heavy atom. The standard InChI is InChI=1S/C25H32N4O4S/c1-6-28(15-20(30)26-14-19-8-7-13-34-19)21(31)16-29-22(32)25(5,27-23(29)33)18-11-9-17(10-12-18)24(2,3)4/h7-13H,6,14-16H2,1-5H3,(H,26,30)(H,27,33). The quantitative estimate of drug-likeness (QED) is 0.563. The predicted molar refractivity (Wildman–Crippen MR) is 131 cm³/mol. The summed E-state index contributed by atoms with van der Waals surface area (Å²) in [4.78, 5) is 54.3. The molecule has 0 spiro atoms. The van der Waals surface area contributed by atoms with Crippen LogP contribution in [0.2, 0.25) is 0 Å². The third-order valence-electron chi connectivity index (χ3n) is 6.01. The molecule has 1 atom stereocenters. The first kappa shape index (κ1) is 25.4. The van der Waals surface area contributed by atoms with Gasteiger partial charge in [-0.1, -0.05) is 51.1 Å². The van der Waals surface area contributed by atoms with Gasteiger partial charge >= 0.3 is 6.03 Å². The third-order valence-corrected chi connectivity index (χ3v) is 6.88. The highest BCUT2D eigenvalue weighted by molar-refractivity contribution is 7.09. The van der Waals surface area contributed by atoms with Gasteiger partial charge in [0.05, 0.1) is 13.1 Å². The lowest BCUT2D eigenvalue weighted by Crippen LogP contribution is -2.47. The van der Waals surface area contributed by atoms with Crippen molar-refractivity contribution in [2.45, 2.75) is 52.1 Å². The van der Waals surface area contributed by atoms with Crippen LogP contribution in [0.25, 0.3) is 0 Å². The largest absolute Gasteiger partial charge is 0.350 e. The molecule has 0 bridgehead atoms. The number of imide groups is 1. The first-order valence-electron chi connectivity index (χ1n) is 11.3. The first-order chi connectivity index (χ1) is 16.0. The fourth-order valence-corrected chi connectivity index (χ4v) is 4.42. The lowest BCUT2D eigenvalue weighted by Gasteiger charge is -2.25. The average Bonchev–Trinajstić information content (AvgIpc) is 3.38. The van der Waals surface area contributed by atoms with Crippen LogP contribution in [-0.2, 0) is 31.9 Å². The molecule has 5 amide bonds. The molecule has 9 heteroatoms. The van der Waals surface area contributed by atoms with Gasteiger partial charge in [-0.3, -0.25) is 19.3 Å². The fraction of sp³-hybridized carbons (Fsp3) is 0.440. The van der Waals surface area contributed by atoms with E-state index in [1.165, 1.54) is 16.2 Å². The molecule has 0 saturated carbocycles. The van der Waals surface area contributed by atoms with E-state index < -0.39 is 29.9 Å². The van der Waals surface area contributed by atoms with E-state index in [2.05, 4.69) is 31.4 Å². The lowest BCUT2D eigenvalue weighted by molar-refractivity contribution is -0.140. The molecule has 1 aromatic heterocycles. The first-order valence-corrected chi connectivity index (χ1v) is 12.2. The second-order valence-electron chi connectivity index (χ2n) is 9.54. The van der Waals surface area contributed by atoms with Crippen molar-refractivity contribution in [2.75, 3.05) is 19.6 Å². The van der Waals surface area contributed by atoms with E-state index >= 15 is 0 Å². The van der Waals surface area contributed by atoms with Gasteiger partial charge in [0.25, 0.3) is 5.91 Å². The zero-order valence-electron chi connectivity index (χ0n) is 20.3. The zero-order chi connectivity index (χ0) is 25.1. The van der Waals surface area contributed by atoms with Gasteiger partial charge < -0.3 is 15.5 Å². The van der Waals surface area contributed by atoms with E-state index in [4.69, 9.17) is 0 Å². The number of amides is 5. The lowest BCUT2D eigenvalue weighted by atomic mass is 9.84. The van der Waals surface area contributed by atoms with Crippen LogP contribution in [0.4, 0.5) is 4.79 Å². The van der Waals surface area contributed by atoms with Crippen molar-refractivity contribution in [1.82, 2.24) is 20.4 Å². The van der Waals surface area contributed by atoms with Crippen molar-refractivity contribution >= 4 is 35.1 Å². The summed E-state index contributed by atoms with van der Waals surface area (Å²) >= 11 is 1.53. The van der Waals surface area contributed by atoms with Gasteiger partial charge in [0, 0.05) is 11.4 Å². The maximum absolute atomic E-state index is 13.2. The molecular weight excluding hydrogens is 452 g/mol. The van der Waals surface area contributed by atoms with Crippen LogP contribution >= 0.6 is 11.3 Å². The van der Waals surface area contributed by atoms with Crippen molar-refractivity contribution in [2.24, 2.45) is 0 Å². The van der Waals surface area contributed by atoms with Gasteiger partial charge in [0.2, 0.25) is 11.8 Å². The van der Waals surface area contributed by atoms with E-state index in [9.17, 15) is 19.2 Å². The van der Waals surface area contributed by atoms with Crippen molar-refractivity contribution in [3.63, 3.8) is 0 Å². The Labute approximate surface area is 204 Å². The van der Waals surface area contributed by atoms with Crippen molar-refractivity contribution in [3.8, 4) is 0 Å². The van der Waals surface area contributed by atoms with E-state index in [0.29, 0.717) is 12.1 Å². The number of urea groups is 1. The Morgan fingerprint density at radius 2 is 1.82 bits per heavy atom. The Balaban J connectivity index is 1.65. The molecule has 1 fully saturated rings. The second kappa shape index (κ2) is 9.97. The van der Waals surface area contributed by atoms with Gasteiger partial charge in [-0.05, 0) is 41.8 Å². The van der Waals surface area contributed by atoms with Gasteiger partial charge in [0.15, 0.2) is 0 Å². The summed E-state index contributed by atoms with van der Waals surface area (Å²) in [7, 11) is 0. The number of rotatable bonds is 8. The molecule has 182 valence electrons. The number of hydrogen-bond donors (Lipinski definition) is 2. The maximum Gasteiger partial charge on any atom is 0.325 e. The van der Waals surface area contributed by atoms with Gasteiger partial charge in [-0.2, -0.15) is 0 Å². The highest BCUT2D eigenvalue weighted by Crippen LogP contribution is 2.31. The Morgan fingerprint density at radius 1 is 1.15 bits per heavy atom. The highest BCUT2D eigenvalue weighted by atomic mass is 32.1. The molecule has 2 heterocycles. The van der Waals surface area contributed by atoms with E-state index in [1.54, 1.807) is 13.8 Å². The molecule has 0 aliphatic carbocycles. The minimum absolute atomic E-state index is 0.0412. The molecule has 1 unspecified atom stereocenters. The van der Waals surface area contributed by atoms with Crippen LogP contribution in [0.5, 0.6) is 0 Å². The molecule has 1 aromatic carbocycles. The molecule has 0 radical (unpaired) electrons. The van der Waals surface area contributed by atoms with Crippen molar-refractivity contribution in [1.29, 1.82) is 0 Å². The SMILES string of the molecule is CCN(CC(=O)NCc1cccs1)C(=O)CN1C(=O)NC(C)(c2ccc(C(C)(C)C)cc2)C1=O. The Bertz CT molecular complexity index is 1060. The van der Waals surface area contributed by atoms with Crippen LogP contribution < -0.4 is 10.6 Å². The minimum Gasteiger partial charge on any atom is -0.350 e. The number of likely N-dealkylation sites (N-methyl/N-ethyl adjacent to an activating group) is 1. The average molecular weight is 485 g/mol. The summed E-state index contributed by atoms with van der Waals surface area (Å²) in [6.45, 7) is 9.78. The smallest absolute Gasteiger partial charge is 0.325 e.